The number of ether oxygens (including phenoxy) is 1. The Morgan fingerprint density at radius 1 is 1.11 bits per heavy atom. The summed E-state index contributed by atoms with van der Waals surface area (Å²) in [6.07, 6.45) is 6.33. The number of nitrogens with zero attached hydrogens (tertiary/aromatic N) is 4. The molecule has 2 atom stereocenters. The van der Waals surface area contributed by atoms with Gasteiger partial charge in [0, 0.05) is 32.0 Å². The van der Waals surface area contributed by atoms with Gasteiger partial charge in [0.15, 0.2) is 0 Å². The van der Waals surface area contributed by atoms with E-state index in [-0.39, 0.29) is 12.4 Å². The standard InChI is InChI=1S/C21H29FN4O2/c22-17-7-9-19(10-8-17)28-15-18(27)14-25-11-4-5-16(13-25)21-24-23-20-6-2-1-3-12-26(20)21/h7-10,16,18,27H,1-6,11-15H2. The van der Waals surface area contributed by atoms with Crippen LogP contribution in [-0.4, -0.2) is 57.1 Å². The van der Waals surface area contributed by atoms with Crippen LogP contribution in [-0.2, 0) is 13.0 Å². The number of hydrogen-bond donors (Lipinski definition) is 1. The maximum Gasteiger partial charge on any atom is 0.137 e. The lowest BCUT2D eigenvalue weighted by Crippen LogP contribution is -2.41. The third-order valence-electron chi connectivity index (χ3n) is 5.73. The van der Waals surface area contributed by atoms with Crippen LogP contribution in [0.2, 0.25) is 0 Å². The lowest BCUT2D eigenvalue weighted by molar-refractivity contribution is 0.0575. The number of β-amino-alcohol motifs (C(OH)–C–C–N with tert-alkyl or cyclic N) is 1. The lowest BCUT2D eigenvalue weighted by Gasteiger charge is -2.33. The van der Waals surface area contributed by atoms with Gasteiger partial charge in [-0.2, -0.15) is 0 Å². The number of aliphatic hydroxyl groups excluding tert-OH is 1. The van der Waals surface area contributed by atoms with Crippen LogP contribution >= 0.6 is 0 Å². The van der Waals surface area contributed by atoms with Crippen molar-refractivity contribution in [2.24, 2.45) is 0 Å². The molecule has 0 spiro atoms. The molecule has 1 aromatic heterocycles. The molecule has 152 valence electrons. The zero-order chi connectivity index (χ0) is 19.3. The molecular formula is C21H29FN4O2. The van der Waals surface area contributed by atoms with E-state index in [1.165, 1.54) is 31.4 Å². The number of likely N-dealkylation sites (tertiary alicyclic amines) is 1. The predicted octanol–water partition coefficient (Wildman–Crippen LogP) is 2.76. The fourth-order valence-electron chi connectivity index (χ4n) is 4.32. The first-order chi connectivity index (χ1) is 13.7. The van der Waals surface area contributed by atoms with Gasteiger partial charge in [0.2, 0.25) is 0 Å². The van der Waals surface area contributed by atoms with E-state index in [0.717, 1.165) is 50.5 Å². The highest BCUT2D eigenvalue weighted by molar-refractivity contribution is 5.22. The predicted molar refractivity (Wildman–Crippen MR) is 104 cm³/mol. The quantitative estimate of drug-likeness (QED) is 0.824. The molecule has 0 amide bonds. The summed E-state index contributed by atoms with van der Waals surface area (Å²) in [7, 11) is 0. The number of hydrogen-bond acceptors (Lipinski definition) is 5. The van der Waals surface area contributed by atoms with E-state index in [4.69, 9.17) is 4.74 Å². The number of aliphatic hydroxyl groups is 1. The number of rotatable bonds is 6. The average molecular weight is 388 g/mol. The molecule has 0 radical (unpaired) electrons. The van der Waals surface area contributed by atoms with Crippen LogP contribution in [0.4, 0.5) is 4.39 Å². The Balaban J connectivity index is 1.31. The molecule has 1 N–H and O–H groups in total. The van der Waals surface area contributed by atoms with Crippen molar-refractivity contribution in [1.29, 1.82) is 0 Å². The second-order valence-corrected chi connectivity index (χ2v) is 7.95. The van der Waals surface area contributed by atoms with Crippen molar-refractivity contribution in [2.75, 3.05) is 26.2 Å². The Kier molecular flexibility index (Phi) is 6.22. The second-order valence-electron chi connectivity index (χ2n) is 7.95. The van der Waals surface area contributed by atoms with Gasteiger partial charge in [-0.05, 0) is 56.5 Å². The van der Waals surface area contributed by atoms with Gasteiger partial charge in [-0.25, -0.2) is 4.39 Å². The smallest absolute Gasteiger partial charge is 0.137 e. The first-order valence-corrected chi connectivity index (χ1v) is 10.4. The Morgan fingerprint density at radius 2 is 1.96 bits per heavy atom. The molecule has 7 heteroatoms. The van der Waals surface area contributed by atoms with Crippen molar-refractivity contribution < 1.29 is 14.2 Å². The van der Waals surface area contributed by atoms with Crippen LogP contribution in [0.1, 0.15) is 49.7 Å². The summed E-state index contributed by atoms with van der Waals surface area (Å²) >= 11 is 0. The Hall–Kier alpha value is -1.99. The lowest BCUT2D eigenvalue weighted by atomic mass is 9.96. The van der Waals surface area contributed by atoms with E-state index >= 15 is 0 Å². The molecule has 2 aliphatic rings. The molecule has 1 aromatic carbocycles. The zero-order valence-electron chi connectivity index (χ0n) is 16.3. The zero-order valence-corrected chi connectivity index (χ0v) is 16.3. The minimum Gasteiger partial charge on any atom is -0.491 e. The van der Waals surface area contributed by atoms with Crippen LogP contribution < -0.4 is 4.74 Å². The van der Waals surface area contributed by atoms with E-state index in [0.29, 0.717) is 18.2 Å². The normalized spacial score (nSPS) is 21.7. The van der Waals surface area contributed by atoms with Crippen molar-refractivity contribution >= 4 is 0 Å². The van der Waals surface area contributed by atoms with Crippen molar-refractivity contribution in [2.45, 2.75) is 57.1 Å². The number of halogens is 1. The molecule has 1 saturated heterocycles. The molecule has 6 nitrogen and oxygen atoms in total. The maximum absolute atomic E-state index is 13.0. The first-order valence-electron chi connectivity index (χ1n) is 10.4. The minimum absolute atomic E-state index is 0.202. The Morgan fingerprint density at radius 3 is 2.82 bits per heavy atom. The van der Waals surface area contributed by atoms with Gasteiger partial charge in [0.1, 0.15) is 35.9 Å². The first kappa shape index (κ1) is 19.3. The van der Waals surface area contributed by atoms with Crippen LogP contribution in [0.3, 0.4) is 0 Å². The molecule has 2 aromatic rings. The van der Waals surface area contributed by atoms with Gasteiger partial charge in [-0.3, -0.25) is 4.90 Å². The SMILES string of the molecule is OC(COc1ccc(F)cc1)CN1CCCC(c2nnc3n2CCCCC3)C1. The highest BCUT2D eigenvalue weighted by Crippen LogP contribution is 2.28. The monoisotopic (exact) mass is 388 g/mol. The molecule has 2 unspecified atom stereocenters. The average Bonchev–Trinajstić information content (AvgIpc) is 2.96. The minimum atomic E-state index is -0.584. The summed E-state index contributed by atoms with van der Waals surface area (Å²) in [5.74, 6) is 2.91. The molecular weight excluding hydrogens is 359 g/mol. The number of aryl methyl sites for hydroxylation is 1. The fourth-order valence-corrected chi connectivity index (χ4v) is 4.32. The molecule has 28 heavy (non-hydrogen) atoms. The van der Waals surface area contributed by atoms with Gasteiger partial charge in [-0.15, -0.1) is 10.2 Å². The summed E-state index contributed by atoms with van der Waals surface area (Å²) in [6.45, 7) is 3.67. The molecule has 0 saturated carbocycles. The summed E-state index contributed by atoms with van der Waals surface area (Å²) in [6, 6.07) is 5.88. The van der Waals surface area contributed by atoms with Gasteiger partial charge in [0.05, 0.1) is 0 Å². The van der Waals surface area contributed by atoms with E-state index in [9.17, 15) is 9.50 Å². The van der Waals surface area contributed by atoms with E-state index in [1.54, 1.807) is 12.1 Å². The Labute approximate surface area is 165 Å². The molecule has 1 fully saturated rings. The van der Waals surface area contributed by atoms with Crippen LogP contribution in [0, 0.1) is 5.82 Å². The third-order valence-corrected chi connectivity index (χ3v) is 5.73. The van der Waals surface area contributed by atoms with Crippen molar-refractivity contribution in [3.8, 4) is 5.75 Å². The van der Waals surface area contributed by atoms with Crippen molar-refractivity contribution in [3.05, 3.63) is 41.7 Å². The summed E-state index contributed by atoms with van der Waals surface area (Å²) < 4.78 is 20.9. The molecule has 0 aliphatic carbocycles. The van der Waals surface area contributed by atoms with Gasteiger partial charge >= 0.3 is 0 Å². The van der Waals surface area contributed by atoms with Crippen LogP contribution in [0.15, 0.2) is 24.3 Å². The van der Waals surface area contributed by atoms with E-state index < -0.39 is 6.10 Å². The number of piperidine rings is 1. The summed E-state index contributed by atoms with van der Waals surface area (Å²) in [5.41, 5.74) is 0. The third kappa shape index (κ3) is 4.70. The number of fused-ring (bicyclic) bond motifs is 1. The van der Waals surface area contributed by atoms with E-state index in [2.05, 4.69) is 19.7 Å². The molecule has 0 bridgehead atoms. The summed E-state index contributed by atoms with van der Waals surface area (Å²) in [5, 5.41) is 19.4. The van der Waals surface area contributed by atoms with Gasteiger partial charge < -0.3 is 14.4 Å². The van der Waals surface area contributed by atoms with Crippen molar-refractivity contribution in [1.82, 2.24) is 19.7 Å². The van der Waals surface area contributed by atoms with Crippen LogP contribution in [0.5, 0.6) is 5.75 Å². The fraction of sp³-hybridized carbons (Fsp3) is 0.619. The summed E-state index contributed by atoms with van der Waals surface area (Å²) in [4.78, 5) is 2.30. The number of benzene rings is 1. The topological polar surface area (TPSA) is 63.4 Å². The largest absolute Gasteiger partial charge is 0.491 e. The van der Waals surface area contributed by atoms with Crippen molar-refractivity contribution in [3.63, 3.8) is 0 Å². The van der Waals surface area contributed by atoms with Crippen LogP contribution in [0.25, 0.3) is 0 Å². The highest BCUT2D eigenvalue weighted by Gasteiger charge is 2.28. The maximum atomic E-state index is 13.0. The van der Waals surface area contributed by atoms with Gasteiger partial charge in [0.25, 0.3) is 0 Å². The van der Waals surface area contributed by atoms with Gasteiger partial charge in [-0.1, -0.05) is 6.42 Å². The molecule has 3 heterocycles. The number of aromatic nitrogens is 3. The molecule has 2 aliphatic heterocycles. The second kappa shape index (κ2) is 9.01. The molecule has 4 rings (SSSR count). The Bertz CT molecular complexity index is 764. The highest BCUT2D eigenvalue weighted by atomic mass is 19.1. The van der Waals surface area contributed by atoms with E-state index in [1.807, 2.05) is 0 Å².